The van der Waals surface area contributed by atoms with E-state index in [-0.39, 0.29) is 24.2 Å². The van der Waals surface area contributed by atoms with E-state index in [1.807, 2.05) is 46.0 Å². The minimum absolute atomic E-state index is 0.0314. The van der Waals surface area contributed by atoms with Crippen LogP contribution in [0.1, 0.15) is 59.9 Å². The average Bonchev–Trinajstić information content (AvgIpc) is 2.59. The molecule has 1 aromatic rings. The number of likely N-dealkylation sites (N-methyl/N-ethyl adjacent to an activating group) is 2. The van der Waals surface area contributed by atoms with Crippen molar-refractivity contribution in [3.05, 3.63) is 35.9 Å². The van der Waals surface area contributed by atoms with Gasteiger partial charge < -0.3 is 15.0 Å². The van der Waals surface area contributed by atoms with Gasteiger partial charge in [-0.15, -0.1) is 0 Å². The Morgan fingerprint density at radius 1 is 1.14 bits per heavy atom. The second-order valence-corrected chi connectivity index (χ2v) is 7.92. The van der Waals surface area contributed by atoms with Gasteiger partial charge >= 0.3 is 5.97 Å². The van der Waals surface area contributed by atoms with E-state index in [9.17, 15) is 9.59 Å². The molecule has 1 amide bonds. The molecule has 1 rings (SSSR count). The molecule has 162 valence electrons. The van der Waals surface area contributed by atoms with E-state index in [1.54, 1.807) is 18.9 Å². The van der Waals surface area contributed by atoms with E-state index in [4.69, 9.17) is 4.74 Å². The van der Waals surface area contributed by atoms with Gasteiger partial charge in [-0.25, -0.2) is 0 Å². The third kappa shape index (κ3) is 17.5. The van der Waals surface area contributed by atoms with Crippen LogP contribution < -0.4 is 5.32 Å². The molecule has 0 aliphatic rings. The van der Waals surface area contributed by atoms with Crippen molar-refractivity contribution in [3.8, 4) is 0 Å². The Balaban J connectivity index is 0. The number of esters is 1. The van der Waals surface area contributed by atoms with Crippen LogP contribution in [0, 0.1) is 12.8 Å². The van der Waals surface area contributed by atoms with Gasteiger partial charge in [-0.05, 0) is 34.7 Å². The molecule has 1 N–H and O–H groups in total. The number of carbonyl (C=O) groups excluding carboxylic acids is 2. The molecule has 1 unspecified atom stereocenters. The molecule has 0 bridgehead atoms. The van der Waals surface area contributed by atoms with Gasteiger partial charge in [0.1, 0.15) is 5.60 Å². The van der Waals surface area contributed by atoms with Gasteiger partial charge in [0.15, 0.2) is 0 Å². The van der Waals surface area contributed by atoms with Crippen LogP contribution >= 0.6 is 0 Å². The molecule has 1 aromatic carbocycles. The number of aryl methyl sites for hydroxylation is 1. The van der Waals surface area contributed by atoms with Crippen molar-refractivity contribution >= 4 is 11.9 Å². The van der Waals surface area contributed by atoms with Crippen LogP contribution in [0.2, 0.25) is 0 Å². The summed E-state index contributed by atoms with van der Waals surface area (Å²) < 4.78 is 5.20. The summed E-state index contributed by atoms with van der Waals surface area (Å²) in [6.07, 6.45) is 1.37. The second kappa shape index (κ2) is 16.1. The molecule has 0 saturated carbocycles. The Kier molecular flexibility index (Phi) is 16.3. The SMILES string of the molecule is CCC.CNCCN(C)C(=O)C(C)CC(=O)OC(C)(C)C.Cc1ccccc1. The minimum atomic E-state index is -0.502. The predicted octanol–water partition coefficient (Wildman–Crippen LogP) is 4.44. The zero-order chi connectivity index (χ0) is 22.2. The molecule has 5 heteroatoms. The number of ether oxygens (including phenoxy) is 1. The molecule has 0 fully saturated rings. The fraction of sp³-hybridized carbons (Fsp3) is 0.652. The highest BCUT2D eigenvalue weighted by atomic mass is 16.6. The Hall–Kier alpha value is -1.88. The highest BCUT2D eigenvalue weighted by molar-refractivity contribution is 5.83. The number of nitrogens with zero attached hydrogens (tertiary/aromatic N) is 1. The van der Waals surface area contributed by atoms with Crippen LogP contribution in [0.5, 0.6) is 0 Å². The zero-order valence-corrected chi connectivity index (χ0v) is 19.5. The predicted molar refractivity (Wildman–Crippen MR) is 118 cm³/mol. The normalized spacial score (nSPS) is 11.2. The first-order chi connectivity index (χ1) is 13.0. The van der Waals surface area contributed by atoms with Crippen LogP contribution in [0.4, 0.5) is 0 Å². The molecular formula is C23H42N2O3. The quantitative estimate of drug-likeness (QED) is 0.725. The first kappa shape index (κ1) is 28.3. The molecule has 5 nitrogen and oxygen atoms in total. The summed E-state index contributed by atoms with van der Waals surface area (Å²) in [7, 11) is 3.58. The van der Waals surface area contributed by atoms with Crippen LogP contribution in [0.25, 0.3) is 0 Å². The second-order valence-electron chi connectivity index (χ2n) is 7.92. The first-order valence-corrected chi connectivity index (χ1v) is 10.1. The lowest BCUT2D eigenvalue weighted by molar-refractivity contribution is -0.158. The van der Waals surface area contributed by atoms with E-state index in [2.05, 4.69) is 38.2 Å². The monoisotopic (exact) mass is 394 g/mol. The van der Waals surface area contributed by atoms with E-state index in [0.29, 0.717) is 6.54 Å². The summed E-state index contributed by atoms with van der Waals surface area (Å²) in [5, 5.41) is 2.98. The summed E-state index contributed by atoms with van der Waals surface area (Å²) in [5.74, 6) is -0.705. The maximum Gasteiger partial charge on any atom is 0.307 e. The van der Waals surface area contributed by atoms with Crippen molar-refractivity contribution in [1.82, 2.24) is 10.2 Å². The fourth-order valence-electron chi connectivity index (χ4n) is 2.02. The van der Waals surface area contributed by atoms with Gasteiger partial charge in [0.05, 0.1) is 6.42 Å². The maximum absolute atomic E-state index is 11.9. The highest BCUT2D eigenvalue weighted by Crippen LogP contribution is 2.13. The number of hydrogen-bond donors (Lipinski definition) is 1. The van der Waals surface area contributed by atoms with Crippen LogP contribution in [-0.4, -0.2) is 49.6 Å². The molecule has 0 aliphatic carbocycles. The summed E-state index contributed by atoms with van der Waals surface area (Å²) in [6.45, 7) is 14.9. The van der Waals surface area contributed by atoms with Gasteiger partial charge in [-0.1, -0.05) is 63.1 Å². The Morgan fingerprint density at radius 3 is 2.00 bits per heavy atom. The lowest BCUT2D eigenvalue weighted by Crippen LogP contribution is -2.37. The van der Waals surface area contributed by atoms with Gasteiger partial charge in [0.25, 0.3) is 0 Å². The maximum atomic E-state index is 11.9. The van der Waals surface area contributed by atoms with Crippen LogP contribution in [-0.2, 0) is 14.3 Å². The number of rotatable bonds is 6. The third-order valence-corrected chi connectivity index (χ3v) is 3.33. The number of nitrogens with one attached hydrogen (secondary N) is 1. The fourth-order valence-corrected chi connectivity index (χ4v) is 2.02. The number of hydrogen-bond acceptors (Lipinski definition) is 4. The largest absolute Gasteiger partial charge is 0.460 e. The molecular weight excluding hydrogens is 352 g/mol. The van der Waals surface area contributed by atoms with E-state index in [0.717, 1.165) is 6.54 Å². The summed E-state index contributed by atoms with van der Waals surface area (Å²) >= 11 is 0. The summed E-state index contributed by atoms with van der Waals surface area (Å²) in [4.78, 5) is 25.2. The molecule has 1 atom stereocenters. The first-order valence-electron chi connectivity index (χ1n) is 10.1. The molecule has 0 spiro atoms. The number of carbonyl (C=O) groups is 2. The van der Waals surface area contributed by atoms with Gasteiger partial charge in [-0.3, -0.25) is 9.59 Å². The zero-order valence-electron chi connectivity index (χ0n) is 19.5. The van der Waals surface area contributed by atoms with Crippen molar-refractivity contribution in [2.75, 3.05) is 27.2 Å². The summed E-state index contributed by atoms with van der Waals surface area (Å²) in [6, 6.07) is 10.3. The Labute approximate surface area is 172 Å². The summed E-state index contributed by atoms with van der Waals surface area (Å²) in [5.41, 5.74) is 0.820. The smallest absolute Gasteiger partial charge is 0.307 e. The van der Waals surface area contributed by atoms with Crippen molar-refractivity contribution in [2.45, 2.75) is 66.9 Å². The molecule has 0 aliphatic heterocycles. The van der Waals surface area contributed by atoms with Gasteiger partial charge in [0.2, 0.25) is 5.91 Å². The molecule has 28 heavy (non-hydrogen) atoms. The molecule has 0 aromatic heterocycles. The molecule has 0 saturated heterocycles. The van der Waals surface area contributed by atoms with E-state index >= 15 is 0 Å². The number of amides is 1. The standard InChI is InChI=1S/C13H26N2O3.C7H8.C3H8/c1-10(9-11(16)18-13(2,3)4)12(17)15(6)8-7-14-5;1-7-5-3-2-4-6-7;1-3-2/h10,14H,7-9H2,1-6H3;2-6H,1H3;3H2,1-2H3. The third-order valence-electron chi connectivity index (χ3n) is 3.33. The van der Waals surface area contributed by atoms with E-state index in [1.165, 1.54) is 12.0 Å². The average molecular weight is 395 g/mol. The number of benzene rings is 1. The van der Waals surface area contributed by atoms with Gasteiger partial charge in [0, 0.05) is 26.1 Å². The van der Waals surface area contributed by atoms with Crippen LogP contribution in [0.3, 0.4) is 0 Å². The topological polar surface area (TPSA) is 58.6 Å². The highest BCUT2D eigenvalue weighted by Gasteiger charge is 2.23. The van der Waals surface area contributed by atoms with Crippen molar-refractivity contribution in [2.24, 2.45) is 5.92 Å². The van der Waals surface area contributed by atoms with Crippen LogP contribution in [0.15, 0.2) is 30.3 Å². The lowest BCUT2D eigenvalue weighted by atomic mass is 10.1. The van der Waals surface area contributed by atoms with E-state index < -0.39 is 5.60 Å². The Morgan fingerprint density at radius 2 is 1.64 bits per heavy atom. The van der Waals surface area contributed by atoms with Crippen molar-refractivity contribution in [1.29, 1.82) is 0 Å². The lowest BCUT2D eigenvalue weighted by Gasteiger charge is -2.23. The van der Waals surface area contributed by atoms with Crippen molar-refractivity contribution in [3.63, 3.8) is 0 Å². The van der Waals surface area contributed by atoms with Gasteiger partial charge in [-0.2, -0.15) is 0 Å². The Bertz CT molecular complexity index is 524. The molecule has 0 heterocycles. The molecule has 0 radical (unpaired) electrons. The van der Waals surface area contributed by atoms with Crippen molar-refractivity contribution < 1.29 is 14.3 Å². The minimum Gasteiger partial charge on any atom is -0.460 e.